The van der Waals surface area contributed by atoms with Gasteiger partial charge in [0.25, 0.3) is 10.0 Å². The molecule has 2 N–H and O–H groups in total. The molecule has 2 rings (SSSR count). The van der Waals surface area contributed by atoms with Crippen molar-refractivity contribution in [2.24, 2.45) is 11.8 Å². The highest BCUT2D eigenvalue weighted by Crippen LogP contribution is 2.30. The Morgan fingerprint density at radius 3 is 2.85 bits per heavy atom. The lowest BCUT2D eigenvalue weighted by Crippen LogP contribution is -2.27. The third kappa shape index (κ3) is 4.07. The van der Waals surface area contributed by atoms with Crippen LogP contribution in [0.15, 0.2) is 21.6 Å². The summed E-state index contributed by atoms with van der Waals surface area (Å²) in [6.45, 7) is 2.40. The maximum Gasteiger partial charge on any atom is 0.273 e. The van der Waals surface area contributed by atoms with Gasteiger partial charge < -0.3 is 9.52 Å². The topological polar surface area (TPSA) is 79.5 Å². The van der Waals surface area contributed by atoms with Crippen LogP contribution < -0.4 is 4.72 Å². The number of sulfonamides is 1. The molecule has 0 aliphatic heterocycles. The average Bonchev–Trinajstić information content (AvgIpc) is 2.88. The lowest BCUT2D eigenvalue weighted by Gasteiger charge is -2.26. The normalized spacial score (nSPS) is 23.9. The van der Waals surface area contributed by atoms with Crippen molar-refractivity contribution < 1.29 is 17.9 Å². The zero-order valence-electron chi connectivity index (χ0n) is 11.8. The summed E-state index contributed by atoms with van der Waals surface area (Å²) in [5.41, 5.74) is 0. The zero-order chi connectivity index (χ0) is 14.6. The van der Waals surface area contributed by atoms with Crippen LogP contribution in [-0.2, 0) is 16.6 Å². The minimum Gasteiger partial charge on any atom is -0.446 e. The maximum absolute atomic E-state index is 12.0. The quantitative estimate of drug-likeness (QED) is 0.844. The summed E-state index contributed by atoms with van der Waals surface area (Å²) in [5.74, 6) is 1.63. The first-order chi connectivity index (χ1) is 9.51. The first-order valence-electron chi connectivity index (χ1n) is 7.20. The van der Waals surface area contributed by atoms with Gasteiger partial charge in [-0.1, -0.05) is 26.2 Å². The molecule has 0 aromatic carbocycles. The van der Waals surface area contributed by atoms with Gasteiger partial charge in [0.15, 0.2) is 0 Å². The first kappa shape index (κ1) is 15.5. The highest BCUT2D eigenvalue weighted by Gasteiger charge is 2.21. The summed E-state index contributed by atoms with van der Waals surface area (Å²) in [6.07, 6.45) is 5.80. The highest BCUT2D eigenvalue weighted by atomic mass is 32.2. The molecule has 114 valence electrons. The van der Waals surface area contributed by atoms with Crippen LogP contribution >= 0.6 is 0 Å². The molecule has 2 atom stereocenters. The van der Waals surface area contributed by atoms with Gasteiger partial charge in [-0.2, -0.15) is 0 Å². The molecule has 1 aliphatic carbocycles. The molecule has 20 heavy (non-hydrogen) atoms. The molecule has 1 fully saturated rings. The van der Waals surface area contributed by atoms with Gasteiger partial charge in [-0.3, -0.25) is 0 Å². The molecule has 6 heteroatoms. The molecule has 0 saturated heterocycles. The Labute approximate surface area is 120 Å². The van der Waals surface area contributed by atoms with E-state index in [1.165, 1.54) is 37.8 Å². The molecule has 1 heterocycles. The summed E-state index contributed by atoms with van der Waals surface area (Å²) in [7, 11) is -3.59. The summed E-state index contributed by atoms with van der Waals surface area (Å²) in [6, 6.07) is 2.84. The van der Waals surface area contributed by atoms with E-state index in [1.807, 2.05) is 0 Å². The fourth-order valence-electron chi connectivity index (χ4n) is 2.88. The van der Waals surface area contributed by atoms with E-state index in [4.69, 9.17) is 9.52 Å². The van der Waals surface area contributed by atoms with Crippen molar-refractivity contribution in [1.29, 1.82) is 0 Å². The monoisotopic (exact) mass is 301 g/mol. The van der Waals surface area contributed by atoms with Crippen molar-refractivity contribution in [1.82, 2.24) is 4.72 Å². The Hall–Kier alpha value is -0.850. The lowest BCUT2D eigenvalue weighted by molar-refractivity contribution is 0.236. The van der Waals surface area contributed by atoms with Crippen molar-refractivity contribution >= 4 is 10.0 Å². The fourth-order valence-corrected chi connectivity index (χ4v) is 3.87. The molecule has 1 aromatic heterocycles. The van der Waals surface area contributed by atoms with E-state index >= 15 is 0 Å². The van der Waals surface area contributed by atoms with Crippen molar-refractivity contribution in [2.45, 2.75) is 50.7 Å². The van der Waals surface area contributed by atoms with E-state index in [0.29, 0.717) is 12.5 Å². The smallest absolute Gasteiger partial charge is 0.273 e. The highest BCUT2D eigenvalue weighted by molar-refractivity contribution is 7.89. The summed E-state index contributed by atoms with van der Waals surface area (Å²) >= 11 is 0. The van der Waals surface area contributed by atoms with Crippen molar-refractivity contribution in [3.63, 3.8) is 0 Å². The molecule has 0 bridgehead atoms. The molecule has 0 amide bonds. The van der Waals surface area contributed by atoms with Gasteiger partial charge in [0.05, 0.1) is 0 Å². The van der Waals surface area contributed by atoms with Crippen LogP contribution in [0.4, 0.5) is 0 Å². The number of aliphatic hydroxyl groups excluding tert-OH is 1. The van der Waals surface area contributed by atoms with Gasteiger partial charge >= 0.3 is 0 Å². The summed E-state index contributed by atoms with van der Waals surface area (Å²) < 4.78 is 31.6. The number of aliphatic hydroxyl groups is 1. The van der Waals surface area contributed by atoms with Gasteiger partial charge in [0, 0.05) is 6.54 Å². The molecular weight excluding hydrogens is 278 g/mol. The van der Waals surface area contributed by atoms with Crippen LogP contribution in [0.25, 0.3) is 0 Å². The third-order valence-corrected chi connectivity index (χ3v) is 5.28. The van der Waals surface area contributed by atoms with Gasteiger partial charge in [0.1, 0.15) is 12.4 Å². The van der Waals surface area contributed by atoms with E-state index < -0.39 is 10.0 Å². The Bertz CT molecular complexity index is 523. The molecular formula is C14H23NO4S. The van der Waals surface area contributed by atoms with E-state index in [2.05, 4.69) is 11.6 Å². The number of nitrogens with one attached hydrogen (secondary N) is 1. The molecule has 1 aliphatic rings. The van der Waals surface area contributed by atoms with Crippen LogP contribution in [0.2, 0.25) is 0 Å². The van der Waals surface area contributed by atoms with Crippen LogP contribution in [-0.4, -0.2) is 20.1 Å². The second-order valence-electron chi connectivity index (χ2n) is 5.70. The van der Waals surface area contributed by atoms with E-state index in [0.717, 1.165) is 12.3 Å². The third-order valence-electron chi connectivity index (χ3n) is 3.95. The molecule has 2 unspecified atom stereocenters. The Kier molecular flexibility index (Phi) is 5.23. The average molecular weight is 301 g/mol. The van der Waals surface area contributed by atoms with Crippen molar-refractivity contribution in [2.75, 3.05) is 6.54 Å². The fraction of sp³-hybridized carbons (Fsp3) is 0.714. The molecule has 1 aromatic rings. The zero-order valence-corrected chi connectivity index (χ0v) is 12.7. The predicted octanol–water partition coefficient (Wildman–Crippen LogP) is 2.27. The number of hydrogen-bond acceptors (Lipinski definition) is 4. The Balaban J connectivity index is 1.83. The number of furan rings is 1. The summed E-state index contributed by atoms with van der Waals surface area (Å²) in [5, 5.41) is 8.75. The standard InChI is InChI=1S/C14H23NO4S/c1-11-3-2-4-12(9-11)7-8-15-20(17,18)14-6-5-13(10-16)19-14/h5-6,11-12,15-16H,2-4,7-10H2,1H3. The van der Waals surface area contributed by atoms with Gasteiger partial charge in [0.2, 0.25) is 5.09 Å². The van der Waals surface area contributed by atoms with Crippen LogP contribution in [0.1, 0.15) is 44.8 Å². The molecule has 1 saturated carbocycles. The van der Waals surface area contributed by atoms with E-state index in [-0.39, 0.29) is 17.5 Å². The molecule has 0 spiro atoms. The van der Waals surface area contributed by atoms with Crippen LogP contribution in [0.5, 0.6) is 0 Å². The Morgan fingerprint density at radius 2 is 2.20 bits per heavy atom. The molecule has 5 nitrogen and oxygen atoms in total. The lowest BCUT2D eigenvalue weighted by atomic mass is 9.81. The maximum atomic E-state index is 12.0. The second-order valence-corrected chi connectivity index (χ2v) is 7.40. The van der Waals surface area contributed by atoms with Crippen LogP contribution in [0, 0.1) is 11.8 Å². The van der Waals surface area contributed by atoms with E-state index in [1.54, 1.807) is 0 Å². The van der Waals surface area contributed by atoms with Gasteiger partial charge in [-0.05, 0) is 36.8 Å². The number of hydrogen-bond donors (Lipinski definition) is 2. The second kappa shape index (κ2) is 6.74. The minimum atomic E-state index is -3.59. The van der Waals surface area contributed by atoms with Crippen molar-refractivity contribution in [3.8, 4) is 0 Å². The van der Waals surface area contributed by atoms with Gasteiger partial charge in [-0.25, -0.2) is 13.1 Å². The summed E-state index contributed by atoms with van der Waals surface area (Å²) in [4.78, 5) is 0. The number of rotatable bonds is 6. The molecule has 0 radical (unpaired) electrons. The SMILES string of the molecule is CC1CCCC(CCNS(=O)(=O)c2ccc(CO)o2)C1. The van der Waals surface area contributed by atoms with E-state index in [9.17, 15) is 8.42 Å². The predicted molar refractivity (Wildman–Crippen MR) is 75.6 cm³/mol. The van der Waals surface area contributed by atoms with Crippen LogP contribution in [0.3, 0.4) is 0 Å². The van der Waals surface area contributed by atoms with Gasteiger partial charge in [-0.15, -0.1) is 0 Å². The Morgan fingerprint density at radius 1 is 1.40 bits per heavy atom. The minimum absolute atomic E-state index is 0.126. The largest absolute Gasteiger partial charge is 0.446 e. The first-order valence-corrected chi connectivity index (χ1v) is 8.69. The van der Waals surface area contributed by atoms with Crippen molar-refractivity contribution in [3.05, 3.63) is 17.9 Å².